The summed E-state index contributed by atoms with van der Waals surface area (Å²) in [5.74, 6) is 0. The largest absolute Gasteiger partial charge is 0.312 e. The molecule has 1 atom stereocenters. The SMILES string of the molecule is C[C@@H]1CN(Cc2ccc(Cl)c(Br)c2)CCN1. The van der Waals surface area contributed by atoms with Crippen LogP contribution < -0.4 is 5.32 Å². The predicted octanol–water partition coefficient (Wildman–Crippen LogP) is 2.90. The van der Waals surface area contributed by atoms with Crippen molar-refractivity contribution in [1.29, 1.82) is 0 Å². The summed E-state index contributed by atoms with van der Waals surface area (Å²) >= 11 is 9.44. The van der Waals surface area contributed by atoms with Crippen LogP contribution in [0.25, 0.3) is 0 Å². The fraction of sp³-hybridized carbons (Fsp3) is 0.500. The molecule has 1 heterocycles. The number of benzene rings is 1. The molecule has 16 heavy (non-hydrogen) atoms. The third-order valence-electron chi connectivity index (χ3n) is 2.84. The van der Waals surface area contributed by atoms with E-state index in [4.69, 9.17) is 11.6 Å². The number of hydrogen-bond acceptors (Lipinski definition) is 2. The number of piperazine rings is 1. The highest BCUT2D eigenvalue weighted by Crippen LogP contribution is 2.23. The molecular weight excluding hydrogens is 288 g/mol. The van der Waals surface area contributed by atoms with Crippen molar-refractivity contribution in [2.24, 2.45) is 0 Å². The molecule has 2 rings (SSSR count). The molecule has 1 N–H and O–H groups in total. The van der Waals surface area contributed by atoms with Crippen LogP contribution in [-0.2, 0) is 6.54 Å². The van der Waals surface area contributed by atoms with Gasteiger partial charge in [-0.05, 0) is 40.5 Å². The summed E-state index contributed by atoms with van der Waals surface area (Å²) in [6.45, 7) is 6.53. The zero-order valence-corrected chi connectivity index (χ0v) is 11.7. The van der Waals surface area contributed by atoms with E-state index < -0.39 is 0 Å². The first-order chi connectivity index (χ1) is 7.65. The average Bonchev–Trinajstić information content (AvgIpc) is 2.24. The minimum absolute atomic E-state index is 0.587. The third kappa shape index (κ3) is 3.20. The van der Waals surface area contributed by atoms with Gasteiger partial charge < -0.3 is 5.32 Å². The highest BCUT2D eigenvalue weighted by molar-refractivity contribution is 9.10. The molecule has 0 unspecified atom stereocenters. The van der Waals surface area contributed by atoms with E-state index in [0.29, 0.717) is 6.04 Å². The molecule has 0 spiro atoms. The average molecular weight is 304 g/mol. The molecule has 1 aliphatic rings. The van der Waals surface area contributed by atoms with Crippen LogP contribution in [0.3, 0.4) is 0 Å². The van der Waals surface area contributed by atoms with Crippen molar-refractivity contribution in [3.05, 3.63) is 33.3 Å². The van der Waals surface area contributed by atoms with Crippen molar-refractivity contribution in [3.8, 4) is 0 Å². The molecular formula is C12H16BrClN2. The Kier molecular flexibility index (Phi) is 4.25. The number of nitrogens with one attached hydrogen (secondary N) is 1. The molecule has 1 aromatic rings. The van der Waals surface area contributed by atoms with Gasteiger partial charge in [0.1, 0.15) is 0 Å². The van der Waals surface area contributed by atoms with Crippen LogP contribution in [0.2, 0.25) is 5.02 Å². The van der Waals surface area contributed by atoms with E-state index in [1.165, 1.54) is 5.56 Å². The van der Waals surface area contributed by atoms with Gasteiger partial charge in [-0.1, -0.05) is 17.7 Å². The van der Waals surface area contributed by atoms with E-state index >= 15 is 0 Å². The summed E-state index contributed by atoms with van der Waals surface area (Å²) < 4.78 is 0.981. The summed E-state index contributed by atoms with van der Waals surface area (Å²) in [5, 5.41) is 4.22. The van der Waals surface area contributed by atoms with Crippen LogP contribution in [0.4, 0.5) is 0 Å². The molecule has 0 aliphatic carbocycles. The quantitative estimate of drug-likeness (QED) is 0.904. The van der Waals surface area contributed by atoms with Gasteiger partial charge >= 0.3 is 0 Å². The molecule has 1 aliphatic heterocycles. The molecule has 1 fully saturated rings. The molecule has 0 amide bonds. The Bertz CT molecular complexity index is 370. The Morgan fingerprint density at radius 3 is 3.06 bits per heavy atom. The van der Waals surface area contributed by atoms with Gasteiger partial charge in [0.25, 0.3) is 0 Å². The van der Waals surface area contributed by atoms with Gasteiger partial charge in [-0.3, -0.25) is 4.90 Å². The van der Waals surface area contributed by atoms with Gasteiger partial charge in [0.15, 0.2) is 0 Å². The topological polar surface area (TPSA) is 15.3 Å². The first kappa shape index (κ1) is 12.4. The molecule has 0 aromatic heterocycles. The number of nitrogens with zero attached hydrogens (tertiary/aromatic N) is 1. The summed E-state index contributed by atoms with van der Waals surface area (Å²) in [6, 6.07) is 6.74. The Balaban J connectivity index is 2.00. The van der Waals surface area contributed by atoms with Gasteiger partial charge in [0.2, 0.25) is 0 Å². The summed E-state index contributed by atoms with van der Waals surface area (Å²) in [5.41, 5.74) is 1.31. The Hall–Kier alpha value is -0.0900. The molecule has 1 aromatic carbocycles. The highest BCUT2D eigenvalue weighted by Gasteiger charge is 2.15. The molecule has 0 bridgehead atoms. The first-order valence-electron chi connectivity index (χ1n) is 5.55. The highest BCUT2D eigenvalue weighted by atomic mass is 79.9. The minimum atomic E-state index is 0.587. The van der Waals surface area contributed by atoms with Gasteiger partial charge in [0, 0.05) is 36.7 Å². The van der Waals surface area contributed by atoms with Crippen LogP contribution in [0, 0.1) is 0 Å². The molecule has 0 saturated carbocycles. The zero-order chi connectivity index (χ0) is 11.5. The predicted molar refractivity (Wildman–Crippen MR) is 71.9 cm³/mol. The maximum absolute atomic E-state index is 5.98. The van der Waals surface area contributed by atoms with Crippen molar-refractivity contribution >= 4 is 27.5 Å². The zero-order valence-electron chi connectivity index (χ0n) is 9.34. The second-order valence-corrected chi connectivity index (χ2v) is 5.60. The van der Waals surface area contributed by atoms with E-state index in [0.717, 1.165) is 35.7 Å². The fourth-order valence-corrected chi connectivity index (χ4v) is 2.60. The monoisotopic (exact) mass is 302 g/mol. The molecule has 0 radical (unpaired) electrons. The van der Waals surface area contributed by atoms with Gasteiger partial charge in [0.05, 0.1) is 5.02 Å². The van der Waals surface area contributed by atoms with Crippen molar-refractivity contribution in [3.63, 3.8) is 0 Å². The standard InChI is InChI=1S/C12H16BrClN2/c1-9-7-16(5-4-15-9)8-10-2-3-12(14)11(13)6-10/h2-3,6,9,15H,4-5,7-8H2,1H3/t9-/m1/s1. The molecule has 88 valence electrons. The van der Waals surface area contributed by atoms with Crippen LogP contribution in [0.5, 0.6) is 0 Å². The summed E-state index contributed by atoms with van der Waals surface area (Å²) in [7, 11) is 0. The van der Waals surface area contributed by atoms with E-state index in [1.807, 2.05) is 6.07 Å². The molecule has 2 nitrogen and oxygen atoms in total. The second kappa shape index (κ2) is 5.50. The summed E-state index contributed by atoms with van der Waals surface area (Å²) in [6.07, 6.45) is 0. The lowest BCUT2D eigenvalue weighted by Gasteiger charge is -2.31. The van der Waals surface area contributed by atoms with Gasteiger partial charge in [-0.25, -0.2) is 0 Å². The van der Waals surface area contributed by atoms with Crippen molar-refractivity contribution < 1.29 is 0 Å². The lowest BCUT2D eigenvalue weighted by Crippen LogP contribution is -2.48. The lowest BCUT2D eigenvalue weighted by atomic mass is 10.1. The van der Waals surface area contributed by atoms with Gasteiger partial charge in [-0.2, -0.15) is 0 Å². The lowest BCUT2D eigenvalue weighted by molar-refractivity contribution is 0.199. The third-order valence-corrected chi connectivity index (χ3v) is 4.06. The Morgan fingerprint density at radius 2 is 2.38 bits per heavy atom. The van der Waals surface area contributed by atoms with Crippen molar-refractivity contribution in [1.82, 2.24) is 10.2 Å². The number of rotatable bonds is 2. The summed E-state index contributed by atoms with van der Waals surface area (Å²) in [4.78, 5) is 2.47. The maximum Gasteiger partial charge on any atom is 0.0548 e. The van der Waals surface area contributed by atoms with E-state index in [1.54, 1.807) is 0 Å². The first-order valence-corrected chi connectivity index (χ1v) is 6.72. The minimum Gasteiger partial charge on any atom is -0.312 e. The van der Waals surface area contributed by atoms with Crippen molar-refractivity contribution in [2.45, 2.75) is 19.5 Å². The normalized spacial score (nSPS) is 22.3. The van der Waals surface area contributed by atoms with E-state index in [2.05, 4.69) is 45.2 Å². The fourth-order valence-electron chi connectivity index (χ4n) is 2.05. The number of halogens is 2. The van der Waals surface area contributed by atoms with E-state index in [9.17, 15) is 0 Å². The Morgan fingerprint density at radius 1 is 1.56 bits per heavy atom. The Labute approximate surface area is 110 Å². The van der Waals surface area contributed by atoms with E-state index in [-0.39, 0.29) is 0 Å². The number of hydrogen-bond donors (Lipinski definition) is 1. The smallest absolute Gasteiger partial charge is 0.0548 e. The molecule has 1 saturated heterocycles. The van der Waals surface area contributed by atoms with Crippen molar-refractivity contribution in [2.75, 3.05) is 19.6 Å². The van der Waals surface area contributed by atoms with Crippen LogP contribution in [0.15, 0.2) is 22.7 Å². The second-order valence-electron chi connectivity index (χ2n) is 4.34. The maximum atomic E-state index is 5.98. The van der Waals surface area contributed by atoms with Crippen LogP contribution >= 0.6 is 27.5 Å². The van der Waals surface area contributed by atoms with Gasteiger partial charge in [-0.15, -0.1) is 0 Å². The molecule has 4 heteroatoms. The van der Waals surface area contributed by atoms with Crippen LogP contribution in [-0.4, -0.2) is 30.6 Å². The van der Waals surface area contributed by atoms with Crippen LogP contribution in [0.1, 0.15) is 12.5 Å².